The molecule has 0 radical (unpaired) electrons. The van der Waals surface area contributed by atoms with Gasteiger partial charge in [-0.2, -0.15) is 23.7 Å². The van der Waals surface area contributed by atoms with Crippen LogP contribution < -0.4 is 86.0 Å². The van der Waals surface area contributed by atoms with E-state index in [2.05, 4.69) is 19.5 Å². The number of sulfone groups is 1. The Hall–Kier alpha value is -0.774. The Morgan fingerprint density at radius 1 is 0.933 bits per heavy atom. The van der Waals surface area contributed by atoms with E-state index in [4.69, 9.17) is 0 Å². The van der Waals surface area contributed by atoms with Crippen LogP contribution in [0, 0.1) is 0 Å². The molecule has 0 aliphatic carbocycles. The molecule has 4 rings (SSSR count). The van der Waals surface area contributed by atoms with Crippen LogP contribution in [0.1, 0.15) is 6.92 Å². The predicted octanol–water partition coefficient (Wildman–Crippen LogP) is -5.08. The average molecular weight is 739 g/mol. The Bertz CT molecular complexity index is 2090. The maximum atomic E-state index is 12.4. The first-order valence-electron chi connectivity index (χ1n) is 11.6. The molecule has 3 aromatic carbocycles. The molecule has 1 aliphatic heterocycles. The van der Waals surface area contributed by atoms with E-state index in [1.807, 2.05) is 0 Å². The quantitative estimate of drug-likeness (QED) is 0.0853. The van der Waals surface area contributed by atoms with Crippen LogP contribution in [0.2, 0.25) is 0 Å². The minimum Gasteiger partial charge on any atom is -0.744 e. The van der Waals surface area contributed by atoms with E-state index in [0.29, 0.717) is 0 Å². The van der Waals surface area contributed by atoms with Gasteiger partial charge in [-0.05, 0) is 43.3 Å². The Morgan fingerprint density at radius 2 is 1.56 bits per heavy atom. The van der Waals surface area contributed by atoms with Crippen LogP contribution in [-0.4, -0.2) is 82.8 Å². The van der Waals surface area contributed by atoms with Gasteiger partial charge in [-0.15, -0.1) is 0 Å². The van der Waals surface area contributed by atoms with Crippen LogP contribution >= 0.6 is 0 Å². The number of benzene rings is 3. The van der Waals surface area contributed by atoms with Crippen LogP contribution in [0.4, 0.5) is 11.4 Å². The van der Waals surface area contributed by atoms with E-state index in [9.17, 15) is 52.4 Å². The molecule has 0 saturated carbocycles. The third kappa shape index (κ3) is 9.66. The fourth-order valence-corrected chi connectivity index (χ4v) is 7.15. The summed E-state index contributed by atoms with van der Waals surface area (Å²) in [6.07, 6.45) is -1.52. The Labute approximate surface area is 322 Å². The van der Waals surface area contributed by atoms with Crippen molar-refractivity contribution in [2.75, 3.05) is 17.4 Å². The summed E-state index contributed by atoms with van der Waals surface area (Å²) in [6, 6.07) is 9.04. The van der Waals surface area contributed by atoms with Crippen LogP contribution in [0.25, 0.3) is 10.8 Å². The number of fused-ring (bicyclic) bond motifs is 1. The minimum absolute atomic E-state index is 0. The maximum absolute atomic E-state index is 12.4. The molecule has 0 bridgehead atoms. The Kier molecular flexibility index (Phi) is 13.6. The van der Waals surface area contributed by atoms with Crippen molar-refractivity contribution in [1.29, 1.82) is 0 Å². The molecule has 0 amide bonds. The van der Waals surface area contributed by atoms with Crippen molar-refractivity contribution in [2.45, 2.75) is 33.9 Å². The fourth-order valence-electron chi connectivity index (χ4n) is 4.14. The topological polar surface area (TPSA) is 273 Å². The standard InChI is InChI=1S/C22H22N4O13S4.K.Na/c1-13-20(22(27)26(25-13)14-5-7-15(8-6-14)40(28,29)12-11-39-43(36,37)38)24-23-18-10-9-16-17(21(18)42(33,34)35)3-2-4-19(16)41(30,31)32;;/h2-10,20,22,27H,11-12H2,1H3,(H,30,31,32)(H,33,34,35)(H,36,37,38);;/q;2*+1/p-2. The Morgan fingerprint density at radius 3 is 2.11 bits per heavy atom. The zero-order valence-corrected chi connectivity index (χ0v) is 32.0. The number of hydrogen-bond acceptors (Lipinski definition) is 16. The van der Waals surface area contributed by atoms with Crippen molar-refractivity contribution in [3.63, 3.8) is 0 Å². The molecule has 0 fully saturated rings. The molecule has 2 N–H and O–H groups in total. The van der Waals surface area contributed by atoms with Gasteiger partial charge in [0.25, 0.3) is 10.1 Å². The molecular weight excluding hydrogens is 719 g/mol. The van der Waals surface area contributed by atoms with Gasteiger partial charge in [0.15, 0.2) is 22.1 Å². The number of azo groups is 1. The van der Waals surface area contributed by atoms with Crippen molar-refractivity contribution >= 4 is 68.3 Å². The van der Waals surface area contributed by atoms with Crippen LogP contribution in [0.5, 0.6) is 0 Å². The van der Waals surface area contributed by atoms with Gasteiger partial charge in [0.05, 0.1) is 33.5 Å². The molecule has 45 heavy (non-hydrogen) atoms. The largest absolute Gasteiger partial charge is 1.00 e. The molecule has 3 aromatic rings. The minimum atomic E-state index is -5.07. The van der Waals surface area contributed by atoms with Gasteiger partial charge < -0.3 is 14.2 Å². The smallest absolute Gasteiger partial charge is 0.744 e. The summed E-state index contributed by atoms with van der Waals surface area (Å²) in [5, 5.41) is 23.3. The van der Waals surface area contributed by atoms with Crippen LogP contribution in [-0.2, 0) is 44.7 Å². The van der Waals surface area contributed by atoms with Gasteiger partial charge >= 0.3 is 80.9 Å². The van der Waals surface area contributed by atoms with Gasteiger partial charge in [0.2, 0.25) is 10.4 Å². The molecule has 0 spiro atoms. The summed E-state index contributed by atoms with van der Waals surface area (Å²) in [5.74, 6) is -0.797. The third-order valence-corrected chi connectivity index (χ3v) is 10.0. The van der Waals surface area contributed by atoms with Gasteiger partial charge in [0, 0.05) is 10.8 Å². The van der Waals surface area contributed by atoms with E-state index in [1.165, 1.54) is 19.1 Å². The fraction of sp³-hybridized carbons (Fsp3) is 0.227. The van der Waals surface area contributed by atoms with Crippen molar-refractivity contribution in [2.24, 2.45) is 15.3 Å². The zero-order valence-electron chi connectivity index (χ0n) is 23.6. The molecule has 0 aromatic heterocycles. The monoisotopic (exact) mass is 738 g/mol. The molecular formula is C22H20KN4NaO13S4. The summed E-state index contributed by atoms with van der Waals surface area (Å²) >= 11 is 0. The third-order valence-electron chi connectivity index (χ3n) is 6.04. The first kappa shape index (κ1) is 40.4. The van der Waals surface area contributed by atoms with E-state index in [-0.39, 0.29) is 108 Å². The average Bonchev–Trinajstić information content (AvgIpc) is 3.17. The van der Waals surface area contributed by atoms with Crippen molar-refractivity contribution < 1.29 is 138 Å². The summed E-state index contributed by atoms with van der Waals surface area (Å²) in [6.45, 7) is 0.581. The van der Waals surface area contributed by atoms with E-state index in [0.717, 1.165) is 47.5 Å². The van der Waals surface area contributed by atoms with Crippen LogP contribution in [0.3, 0.4) is 0 Å². The molecule has 2 atom stereocenters. The maximum Gasteiger partial charge on any atom is 1.00 e. The first-order valence-corrected chi connectivity index (χ1v) is 17.5. The molecule has 0 saturated heterocycles. The summed E-state index contributed by atoms with van der Waals surface area (Å²) in [4.78, 5) is -1.78. The second kappa shape index (κ2) is 15.2. The van der Waals surface area contributed by atoms with Gasteiger partial charge in [-0.25, -0.2) is 30.3 Å². The second-order valence-electron chi connectivity index (χ2n) is 8.90. The summed E-state index contributed by atoms with van der Waals surface area (Å²) < 4.78 is 130. The molecule has 2 unspecified atom stereocenters. The zero-order chi connectivity index (χ0) is 32.0. The summed E-state index contributed by atoms with van der Waals surface area (Å²) in [7, 11) is -19.1. The SMILES string of the molecule is CC1=NN(c2ccc(S(=O)(=O)CCOS(=O)(=O)[O-])cc2)C(O)C1N=Nc1ccc2c(S(=O)(=O)[O-])cccc2c1S(=O)(=O)O.[K+].[Na+]. The molecule has 23 heteroatoms. The molecule has 17 nitrogen and oxygen atoms in total. The second-order valence-corrected chi connectivity index (χ2v) is 14.8. The van der Waals surface area contributed by atoms with E-state index >= 15 is 0 Å². The number of anilines is 1. The molecule has 232 valence electrons. The number of aliphatic hydroxyl groups excluding tert-OH is 1. The number of hydrazone groups is 1. The molecule has 1 aliphatic rings. The number of aliphatic hydroxyl groups is 1. The van der Waals surface area contributed by atoms with Gasteiger partial charge in [-0.1, -0.05) is 18.2 Å². The van der Waals surface area contributed by atoms with Crippen molar-refractivity contribution in [3.05, 3.63) is 54.6 Å². The molecule has 1 heterocycles. The predicted molar refractivity (Wildman–Crippen MR) is 146 cm³/mol. The summed E-state index contributed by atoms with van der Waals surface area (Å²) in [5.41, 5.74) is -0.0485. The van der Waals surface area contributed by atoms with Gasteiger partial charge in [-0.3, -0.25) is 8.74 Å². The first-order chi connectivity index (χ1) is 19.8. The number of rotatable bonds is 10. The number of hydrogen-bond donors (Lipinski definition) is 2. The van der Waals surface area contributed by atoms with E-state index in [1.54, 1.807) is 0 Å². The normalized spacial score (nSPS) is 17.6. The van der Waals surface area contributed by atoms with Crippen molar-refractivity contribution in [3.8, 4) is 0 Å². The van der Waals surface area contributed by atoms with Crippen LogP contribution in [0.15, 0.2) is 84.6 Å². The number of nitrogens with zero attached hydrogens (tertiary/aromatic N) is 4. The van der Waals surface area contributed by atoms with Gasteiger partial charge in [0.1, 0.15) is 20.7 Å². The van der Waals surface area contributed by atoms with Crippen molar-refractivity contribution in [1.82, 2.24) is 0 Å². The Balaban J connectivity index is 0.00000353. The van der Waals surface area contributed by atoms with E-state index < -0.39 is 80.6 Å².